The molecule has 1 heterocycles. The number of nitrogens with one attached hydrogen (secondary N) is 1. The van der Waals surface area contributed by atoms with Gasteiger partial charge in [0, 0.05) is 6.92 Å². The van der Waals surface area contributed by atoms with E-state index in [1.165, 1.54) is 13.8 Å². The number of ether oxygens (including phenoxy) is 2. The van der Waals surface area contributed by atoms with Gasteiger partial charge < -0.3 is 30.1 Å². The Bertz CT molecular complexity index is 332. The molecule has 0 saturated carbocycles. The summed E-state index contributed by atoms with van der Waals surface area (Å²) in [5, 5.41) is 31.6. The van der Waals surface area contributed by atoms with Gasteiger partial charge >= 0.3 is 0 Å². The van der Waals surface area contributed by atoms with Crippen LogP contribution in [0.15, 0.2) is 0 Å². The minimum atomic E-state index is -1.92. The SMILES string of the molecule is CC(=O)NC(C)(C(O)O)C(O)[C@H]1CCOC(C)(C)O1. The second kappa shape index (κ2) is 5.72. The smallest absolute Gasteiger partial charge is 0.217 e. The maximum absolute atomic E-state index is 11.2. The largest absolute Gasteiger partial charge is 0.388 e. The molecule has 0 aromatic rings. The Morgan fingerprint density at radius 2 is 2.00 bits per heavy atom. The molecule has 0 aromatic heterocycles. The van der Waals surface area contributed by atoms with Crippen LogP contribution in [0.1, 0.15) is 34.1 Å². The van der Waals surface area contributed by atoms with Crippen LogP contribution in [0, 0.1) is 0 Å². The molecule has 1 fully saturated rings. The fourth-order valence-corrected chi connectivity index (χ4v) is 2.16. The third-order valence-electron chi connectivity index (χ3n) is 3.24. The first-order valence-corrected chi connectivity index (χ1v) is 6.23. The van der Waals surface area contributed by atoms with E-state index in [0.717, 1.165) is 0 Å². The molecule has 0 aromatic carbocycles. The van der Waals surface area contributed by atoms with Gasteiger partial charge in [0.1, 0.15) is 11.6 Å². The Hall–Kier alpha value is -0.730. The topological polar surface area (TPSA) is 108 Å². The molecule has 0 aliphatic carbocycles. The lowest BCUT2D eigenvalue weighted by Crippen LogP contribution is -2.66. The lowest BCUT2D eigenvalue weighted by molar-refractivity contribution is -0.299. The Kier molecular flexibility index (Phi) is 4.91. The zero-order valence-corrected chi connectivity index (χ0v) is 11.7. The van der Waals surface area contributed by atoms with Crippen LogP contribution < -0.4 is 5.32 Å². The minimum Gasteiger partial charge on any atom is -0.388 e. The molecular weight excluding hydrogens is 254 g/mol. The number of hydrogen-bond acceptors (Lipinski definition) is 6. The maximum atomic E-state index is 11.2. The summed E-state index contributed by atoms with van der Waals surface area (Å²) in [6, 6.07) is 0. The molecule has 19 heavy (non-hydrogen) atoms. The molecule has 1 amide bonds. The van der Waals surface area contributed by atoms with Crippen molar-refractivity contribution in [3.05, 3.63) is 0 Å². The Labute approximate surface area is 112 Å². The van der Waals surface area contributed by atoms with Crippen molar-refractivity contribution < 1.29 is 29.6 Å². The van der Waals surface area contributed by atoms with Crippen LogP contribution >= 0.6 is 0 Å². The predicted molar refractivity (Wildman–Crippen MR) is 66.0 cm³/mol. The maximum Gasteiger partial charge on any atom is 0.217 e. The molecule has 2 unspecified atom stereocenters. The van der Waals surface area contributed by atoms with Crippen molar-refractivity contribution in [2.24, 2.45) is 0 Å². The van der Waals surface area contributed by atoms with Crippen molar-refractivity contribution in [3.63, 3.8) is 0 Å². The van der Waals surface area contributed by atoms with Crippen LogP contribution in [0.3, 0.4) is 0 Å². The summed E-state index contributed by atoms with van der Waals surface area (Å²) in [4.78, 5) is 11.2. The normalized spacial score (nSPS) is 27.7. The summed E-state index contributed by atoms with van der Waals surface area (Å²) in [6.45, 7) is 6.39. The number of carbonyl (C=O) groups is 1. The molecule has 1 aliphatic heterocycles. The van der Waals surface area contributed by atoms with Crippen molar-refractivity contribution in [3.8, 4) is 0 Å². The van der Waals surface area contributed by atoms with Crippen LogP contribution in [0.2, 0.25) is 0 Å². The van der Waals surface area contributed by atoms with Crippen molar-refractivity contribution in [2.45, 2.75) is 63.9 Å². The number of hydrogen-bond donors (Lipinski definition) is 4. The highest BCUT2D eigenvalue weighted by molar-refractivity contribution is 5.74. The standard InChI is InChI=1S/C12H23NO6/c1-7(14)13-12(4,10(16)17)9(15)8-5-6-18-11(2,3)19-8/h8-10,15-17H,5-6H2,1-4H3,(H,13,14)/t8-,9?,12?/m1/s1. The molecule has 3 atom stereocenters. The van der Waals surface area contributed by atoms with E-state index in [-0.39, 0.29) is 0 Å². The van der Waals surface area contributed by atoms with Crippen molar-refractivity contribution in [1.82, 2.24) is 5.32 Å². The van der Waals surface area contributed by atoms with Gasteiger partial charge in [-0.1, -0.05) is 0 Å². The summed E-state index contributed by atoms with van der Waals surface area (Å²) in [7, 11) is 0. The van der Waals surface area contributed by atoms with Crippen molar-refractivity contribution in [1.29, 1.82) is 0 Å². The zero-order valence-electron chi connectivity index (χ0n) is 11.7. The molecule has 1 aliphatic rings. The van der Waals surface area contributed by atoms with E-state index < -0.39 is 35.7 Å². The zero-order chi connectivity index (χ0) is 14.8. The van der Waals surface area contributed by atoms with Gasteiger partial charge in [0.2, 0.25) is 5.91 Å². The molecule has 1 saturated heterocycles. The third kappa shape index (κ3) is 3.87. The van der Waals surface area contributed by atoms with Crippen LogP contribution in [-0.4, -0.2) is 57.7 Å². The monoisotopic (exact) mass is 277 g/mol. The van der Waals surface area contributed by atoms with Gasteiger partial charge in [0.15, 0.2) is 12.1 Å². The average Bonchev–Trinajstić information content (AvgIpc) is 2.25. The minimum absolute atomic E-state index is 0.381. The first-order chi connectivity index (χ1) is 8.58. The van der Waals surface area contributed by atoms with Gasteiger partial charge in [0.25, 0.3) is 0 Å². The Morgan fingerprint density at radius 3 is 2.42 bits per heavy atom. The Balaban J connectivity index is 2.87. The molecular formula is C12H23NO6. The molecule has 7 heteroatoms. The molecule has 0 bridgehead atoms. The van der Waals surface area contributed by atoms with Gasteiger partial charge in [0.05, 0.1) is 12.7 Å². The fraction of sp³-hybridized carbons (Fsp3) is 0.917. The van der Waals surface area contributed by atoms with Crippen molar-refractivity contribution >= 4 is 5.91 Å². The first-order valence-electron chi connectivity index (χ1n) is 6.23. The average molecular weight is 277 g/mol. The number of aliphatic hydroxyl groups is 3. The second-order valence-electron chi connectivity index (χ2n) is 5.48. The number of aliphatic hydroxyl groups excluding tert-OH is 2. The van der Waals surface area contributed by atoms with E-state index in [2.05, 4.69) is 5.32 Å². The van der Waals surface area contributed by atoms with E-state index in [1.54, 1.807) is 13.8 Å². The summed E-state index contributed by atoms with van der Waals surface area (Å²) in [5.41, 5.74) is -1.61. The summed E-state index contributed by atoms with van der Waals surface area (Å²) >= 11 is 0. The highest BCUT2D eigenvalue weighted by Gasteiger charge is 2.47. The van der Waals surface area contributed by atoms with E-state index in [9.17, 15) is 20.1 Å². The van der Waals surface area contributed by atoms with E-state index >= 15 is 0 Å². The quantitative estimate of drug-likeness (QED) is 0.496. The van der Waals surface area contributed by atoms with Crippen LogP contribution in [0.25, 0.3) is 0 Å². The highest BCUT2D eigenvalue weighted by atomic mass is 16.7. The lowest BCUT2D eigenvalue weighted by Gasteiger charge is -2.44. The van der Waals surface area contributed by atoms with Crippen LogP contribution in [0.5, 0.6) is 0 Å². The molecule has 7 nitrogen and oxygen atoms in total. The first kappa shape index (κ1) is 16.3. The molecule has 112 valence electrons. The fourth-order valence-electron chi connectivity index (χ4n) is 2.16. The predicted octanol–water partition coefficient (Wildman–Crippen LogP) is -0.906. The summed E-state index contributed by atoms with van der Waals surface area (Å²) in [6.07, 6.45) is -3.46. The van der Waals surface area contributed by atoms with Gasteiger partial charge in [-0.25, -0.2) is 0 Å². The molecule has 1 rings (SSSR count). The van der Waals surface area contributed by atoms with Gasteiger partial charge in [-0.2, -0.15) is 0 Å². The number of carbonyl (C=O) groups excluding carboxylic acids is 1. The van der Waals surface area contributed by atoms with Crippen molar-refractivity contribution in [2.75, 3.05) is 6.61 Å². The van der Waals surface area contributed by atoms with Crippen LogP contribution in [0.4, 0.5) is 0 Å². The summed E-state index contributed by atoms with van der Waals surface area (Å²) in [5.74, 6) is -1.33. The second-order valence-corrected chi connectivity index (χ2v) is 5.48. The summed E-state index contributed by atoms with van der Waals surface area (Å²) < 4.78 is 10.9. The van der Waals surface area contributed by atoms with Crippen LogP contribution in [-0.2, 0) is 14.3 Å². The molecule has 4 N–H and O–H groups in total. The van der Waals surface area contributed by atoms with Gasteiger partial charge in [-0.05, 0) is 27.2 Å². The number of amides is 1. The van der Waals surface area contributed by atoms with E-state index in [1.807, 2.05) is 0 Å². The molecule has 0 radical (unpaired) electrons. The van der Waals surface area contributed by atoms with Gasteiger partial charge in [-0.3, -0.25) is 4.79 Å². The molecule has 0 spiro atoms. The highest BCUT2D eigenvalue weighted by Crippen LogP contribution is 2.29. The lowest BCUT2D eigenvalue weighted by atomic mass is 9.88. The number of rotatable bonds is 4. The van der Waals surface area contributed by atoms with E-state index in [4.69, 9.17) is 9.47 Å². The third-order valence-corrected chi connectivity index (χ3v) is 3.24. The Morgan fingerprint density at radius 1 is 1.42 bits per heavy atom. The van der Waals surface area contributed by atoms with E-state index in [0.29, 0.717) is 13.0 Å². The van der Waals surface area contributed by atoms with Gasteiger partial charge in [-0.15, -0.1) is 0 Å².